The van der Waals surface area contributed by atoms with Crippen molar-refractivity contribution in [2.45, 2.75) is 53.1 Å². The molecule has 0 amide bonds. The molecule has 1 heteroatoms. The minimum atomic E-state index is -0.187. The third-order valence-electron chi connectivity index (χ3n) is 6.33. The van der Waals surface area contributed by atoms with Crippen LogP contribution in [0.5, 0.6) is 0 Å². The van der Waals surface area contributed by atoms with Gasteiger partial charge in [0, 0.05) is 5.41 Å². The van der Waals surface area contributed by atoms with Crippen molar-refractivity contribution in [1.29, 1.82) is 0 Å². The summed E-state index contributed by atoms with van der Waals surface area (Å²) in [4.78, 5) is 0. The molecule has 3 aliphatic rings. The summed E-state index contributed by atoms with van der Waals surface area (Å²) >= 11 is 0. The van der Waals surface area contributed by atoms with E-state index in [0.717, 1.165) is 5.92 Å². The Labute approximate surface area is 98.9 Å². The molecule has 1 spiro atoms. The van der Waals surface area contributed by atoms with Gasteiger partial charge in [0.2, 0.25) is 0 Å². The minimum absolute atomic E-state index is 0.187. The van der Waals surface area contributed by atoms with Crippen LogP contribution in [0.3, 0.4) is 0 Å². The molecule has 3 aliphatic carbocycles. The molecule has 0 heterocycles. The molecule has 0 aromatic rings. The van der Waals surface area contributed by atoms with Crippen molar-refractivity contribution < 1.29 is 5.11 Å². The van der Waals surface area contributed by atoms with Crippen LogP contribution in [-0.4, -0.2) is 11.2 Å². The van der Waals surface area contributed by atoms with Crippen molar-refractivity contribution in [2.24, 2.45) is 28.6 Å². The molecular formula is C15H24O. The maximum atomic E-state index is 10.6. The molecule has 1 N–H and O–H groups in total. The molecular weight excluding hydrogens is 196 g/mol. The molecule has 3 rings (SSSR count). The predicted octanol–water partition coefficient (Wildman–Crippen LogP) is 3.39. The number of rotatable bonds is 0. The number of aliphatic hydroxyl groups excluding tert-OH is 1. The monoisotopic (exact) mass is 220 g/mol. The van der Waals surface area contributed by atoms with E-state index < -0.39 is 0 Å². The van der Waals surface area contributed by atoms with E-state index in [9.17, 15) is 5.11 Å². The molecule has 0 aromatic heterocycles. The third kappa shape index (κ3) is 0.971. The fraction of sp³-hybridized carbons (Fsp3) is 0.867. The van der Waals surface area contributed by atoms with Gasteiger partial charge in [0.15, 0.2) is 0 Å². The van der Waals surface area contributed by atoms with Gasteiger partial charge >= 0.3 is 0 Å². The van der Waals surface area contributed by atoms with E-state index in [1.165, 1.54) is 24.8 Å². The Hall–Kier alpha value is -0.300. The second-order valence-corrected chi connectivity index (χ2v) is 7.08. The second-order valence-electron chi connectivity index (χ2n) is 7.08. The van der Waals surface area contributed by atoms with Crippen LogP contribution in [0.25, 0.3) is 0 Å². The molecule has 2 fully saturated rings. The minimum Gasteiger partial charge on any atom is -0.388 e. The van der Waals surface area contributed by atoms with Crippen molar-refractivity contribution in [3.05, 3.63) is 11.6 Å². The van der Waals surface area contributed by atoms with E-state index in [0.29, 0.717) is 17.3 Å². The maximum Gasteiger partial charge on any atom is 0.0785 e. The van der Waals surface area contributed by atoms with Crippen LogP contribution in [-0.2, 0) is 0 Å². The van der Waals surface area contributed by atoms with E-state index in [1.807, 2.05) is 0 Å². The van der Waals surface area contributed by atoms with E-state index in [4.69, 9.17) is 0 Å². The van der Waals surface area contributed by atoms with Crippen molar-refractivity contribution in [3.63, 3.8) is 0 Å². The fourth-order valence-electron chi connectivity index (χ4n) is 5.45. The maximum absolute atomic E-state index is 10.6. The van der Waals surface area contributed by atoms with E-state index >= 15 is 0 Å². The zero-order chi connectivity index (χ0) is 11.7. The fourth-order valence-corrected chi connectivity index (χ4v) is 5.45. The standard InChI is InChI=1S/C15H24O/c1-9-7-13(16)15-8-11(9)14(3,4)12(15)6-5-10(15)2/h7,10-13,16H,5-6,8H2,1-4H3/t10-,11+,12+,13-,15-/m1/s1. The lowest BCUT2D eigenvalue weighted by Crippen LogP contribution is -2.41. The summed E-state index contributed by atoms with van der Waals surface area (Å²) in [5.74, 6) is 2.13. The van der Waals surface area contributed by atoms with Gasteiger partial charge in [-0.15, -0.1) is 0 Å². The largest absolute Gasteiger partial charge is 0.388 e. The first-order valence-corrected chi connectivity index (χ1v) is 6.77. The third-order valence-corrected chi connectivity index (χ3v) is 6.33. The number of fused-ring (bicyclic) bond motifs is 1. The van der Waals surface area contributed by atoms with Gasteiger partial charge in [0.1, 0.15) is 0 Å². The van der Waals surface area contributed by atoms with Crippen LogP contribution in [0.4, 0.5) is 0 Å². The first kappa shape index (κ1) is 10.8. The zero-order valence-corrected chi connectivity index (χ0v) is 11.0. The van der Waals surface area contributed by atoms with Gasteiger partial charge < -0.3 is 5.11 Å². The van der Waals surface area contributed by atoms with Crippen LogP contribution in [0.2, 0.25) is 0 Å². The molecule has 16 heavy (non-hydrogen) atoms. The van der Waals surface area contributed by atoms with E-state index in [2.05, 4.69) is 33.8 Å². The van der Waals surface area contributed by atoms with Gasteiger partial charge in [-0.3, -0.25) is 0 Å². The van der Waals surface area contributed by atoms with Gasteiger partial charge in [-0.2, -0.15) is 0 Å². The van der Waals surface area contributed by atoms with Gasteiger partial charge in [-0.25, -0.2) is 0 Å². The lowest BCUT2D eigenvalue weighted by Gasteiger charge is -2.40. The molecule has 2 saturated carbocycles. The lowest BCUT2D eigenvalue weighted by molar-refractivity contribution is -0.00264. The predicted molar refractivity (Wildman–Crippen MR) is 66.0 cm³/mol. The first-order chi connectivity index (χ1) is 7.40. The highest BCUT2D eigenvalue weighted by molar-refractivity contribution is 5.28. The van der Waals surface area contributed by atoms with E-state index in [-0.39, 0.29) is 11.5 Å². The van der Waals surface area contributed by atoms with Crippen LogP contribution in [0.1, 0.15) is 47.0 Å². The lowest BCUT2D eigenvalue weighted by atomic mass is 9.66. The van der Waals surface area contributed by atoms with E-state index in [1.54, 1.807) is 0 Å². The normalized spacial score (nSPS) is 53.7. The summed E-state index contributed by atoms with van der Waals surface area (Å²) in [5, 5.41) is 10.6. The van der Waals surface area contributed by atoms with Crippen molar-refractivity contribution in [2.75, 3.05) is 0 Å². The topological polar surface area (TPSA) is 20.2 Å². The Bertz CT molecular complexity index is 354. The van der Waals surface area contributed by atoms with Crippen LogP contribution < -0.4 is 0 Å². The molecule has 2 bridgehead atoms. The van der Waals surface area contributed by atoms with Gasteiger partial charge in [0.05, 0.1) is 6.10 Å². The molecule has 0 saturated heterocycles. The summed E-state index contributed by atoms with van der Waals surface area (Å²) in [7, 11) is 0. The summed E-state index contributed by atoms with van der Waals surface area (Å²) in [6, 6.07) is 0. The number of allylic oxidation sites excluding steroid dienone is 1. The Kier molecular flexibility index (Phi) is 1.98. The molecule has 0 aromatic carbocycles. The highest BCUT2D eigenvalue weighted by Gasteiger charge is 2.66. The Morgan fingerprint density at radius 1 is 1.31 bits per heavy atom. The Morgan fingerprint density at radius 2 is 2.00 bits per heavy atom. The average molecular weight is 220 g/mol. The van der Waals surface area contributed by atoms with Gasteiger partial charge in [0.25, 0.3) is 0 Å². The molecule has 0 unspecified atom stereocenters. The van der Waals surface area contributed by atoms with Crippen molar-refractivity contribution in [1.82, 2.24) is 0 Å². The van der Waals surface area contributed by atoms with Crippen LogP contribution >= 0.6 is 0 Å². The summed E-state index contributed by atoms with van der Waals surface area (Å²) in [5.41, 5.74) is 2.04. The van der Waals surface area contributed by atoms with Crippen LogP contribution in [0, 0.1) is 28.6 Å². The van der Waals surface area contributed by atoms with Crippen molar-refractivity contribution in [3.8, 4) is 0 Å². The highest BCUT2D eigenvalue weighted by atomic mass is 16.3. The Balaban J connectivity index is 2.16. The molecule has 0 radical (unpaired) electrons. The van der Waals surface area contributed by atoms with Gasteiger partial charge in [-0.05, 0) is 49.4 Å². The molecule has 5 atom stereocenters. The zero-order valence-electron chi connectivity index (χ0n) is 11.0. The number of aliphatic hydroxyl groups is 1. The Morgan fingerprint density at radius 3 is 2.69 bits per heavy atom. The highest BCUT2D eigenvalue weighted by Crippen LogP contribution is 2.71. The first-order valence-electron chi connectivity index (χ1n) is 6.77. The SMILES string of the molecule is CC1=C[C@@H](O)[C@@]23C[C@@H]1C(C)(C)[C@@H]2CC[C@H]3C. The average Bonchev–Trinajstić information content (AvgIpc) is 2.61. The smallest absolute Gasteiger partial charge is 0.0785 e. The number of hydrogen-bond donors (Lipinski definition) is 1. The summed E-state index contributed by atoms with van der Waals surface area (Å²) < 4.78 is 0. The quantitative estimate of drug-likeness (QED) is 0.620. The van der Waals surface area contributed by atoms with Crippen molar-refractivity contribution >= 4 is 0 Å². The second kappa shape index (κ2) is 2.93. The summed E-state index contributed by atoms with van der Waals surface area (Å²) in [6.45, 7) is 9.43. The molecule has 0 aliphatic heterocycles. The van der Waals surface area contributed by atoms with Crippen LogP contribution in [0.15, 0.2) is 11.6 Å². The van der Waals surface area contributed by atoms with Gasteiger partial charge in [-0.1, -0.05) is 32.4 Å². The number of hydrogen-bond acceptors (Lipinski definition) is 1. The summed E-state index contributed by atoms with van der Waals surface area (Å²) in [6.07, 6.45) is 5.84. The molecule has 1 nitrogen and oxygen atoms in total. The molecule has 90 valence electrons.